The standard InChI is InChI=1S/C16H22O2S/c1-3-4-5-6-7-10-13-19-15-12-9-8-11-14(15)16(17)18-2/h8-13H,3-7H2,1-2H3. The van der Waals surface area contributed by atoms with Crippen molar-refractivity contribution < 1.29 is 9.53 Å². The summed E-state index contributed by atoms with van der Waals surface area (Å²) in [6.07, 6.45) is 8.40. The minimum atomic E-state index is -0.278. The van der Waals surface area contributed by atoms with Crippen LogP contribution in [0.25, 0.3) is 0 Å². The van der Waals surface area contributed by atoms with Crippen LogP contribution in [0.15, 0.2) is 40.6 Å². The van der Waals surface area contributed by atoms with Crippen LogP contribution in [0.2, 0.25) is 0 Å². The molecular formula is C16H22O2S. The van der Waals surface area contributed by atoms with Crippen LogP contribution >= 0.6 is 11.8 Å². The van der Waals surface area contributed by atoms with Gasteiger partial charge < -0.3 is 4.74 Å². The van der Waals surface area contributed by atoms with E-state index in [1.54, 1.807) is 17.8 Å². The van der Waals surface area contributed by atoms with Crippen LogP contribution in [-0.4, -0.2) is 13.1 Å². The molecule has 0 atom stereocenters. The van der Waals surface area contributed by atoms with Crippen LogP contribution in [-0.2, 0) is 4.74 Å². The topological polar surface area (TPSA) is 26.3 Å². The first kappa shape index (κ1) is 15.8. The summed E-state index contributed by atoms with van der Waals surface area (Å²) in [6, 6.07) is 7.52. The number of unbranched alkanes of at least 4 members (excludes halogenated alkanes) is 4. The van der Waals surface area contributed by atoms with E-state index in [9.17, 15) is 4.79 Å². The second-order valence-electron chi connectivity index (χ2n) is 4.33. The fraction of sp³-hybridized carbons (Fsp3) is 0.438. The molecule has 3 heteroatoms. The summed E-state index contributed by atoms with van der Waals surface area (Å²) >= 11 is 1.57. The second-order valence-corrected chi connectivity index (χ2v) is 5.27. The number of benzene rings is 1. The van der Waals surface area contributed by atoms with Crippen molar-refractivity contribution in [2.24, 2.45) is 0 Å². The molecule has 0 radical (unpaired) electrons. The molecular weight excluding hydrogens is 256 g/mol. The van der Waals surface area contributed by atoms with Crippen molar-refractivity contribution in [3.63, 3.8) is 0 Å². The van der Waals surface area contributed by atoms with Crippen molar-refractivity contribution in [2.75, 3.05) is 7.11 Å². The second kappa shape index (κ2) is 9.68. The number of carbonyl (C=O) groups excluding carboxylic acids is 1. The molecule has 0 unspecified atom stereocenters. The summed E-state index contributed by atoms with van der Waals surface area (Å²) in [4.78, 5) is 12.5. The van der Waals surface area contributed by atoms with E-state index >= 15 is 0 Å². The molecule has 0 fully saturated rings. The van der Waals surface area contributed by atoms with Gasteiger partial charge in [0.15, 0.2) is 0 Å². The quantitative estimate of drug-likeness (QED) is 0.378. The van der Waals surface area contributed by atoms with Crippen molar-refractivity contribution in [2.45, 2.75) is 43.9 Å². The van der Waals surface area contributed by atoms with Crippen LogP contribution in [0, 0.1) is 0 Å². The minimum Gasteiger partial charge on any atom is -0.465 e. The van der Waals surface area contributed by atoms with E-state index in [0.29, 0.717) is 5.56 Å². The molecule has 19 heavy (non-hydrogen) atoms. The highest BCUT2D eigenvalue weighted by atomic mass is 32.2. The molecule has 0 aromatic heterocycles. The number of hydrogen-bond acceptors (Lipinski definition) is 3. The molecule has 0 aliphatic carbocycles. The number of thioether (sulfide) groups is 1. The van der Waals surface area contributed by atoms with Gasteiger partial charge in [0.05, 0.1) is 12.7 Å². The van der Waals surface area contributed by atoms with E-state index in [4.69, 9.17) is 4.74 Å². The molecule has 0 saturated carbocycles. The summed E-state index contributed by atoms with van der Waals surface area (Å²) in [5.74, 6) is -0.278. The third-order valence-electron chi connectivity index (χ3n) is 2.81. The van der Waals surface area contributed by atoms with Gasteiger partial charge in [-0.1, -0.05) is 56.2 Å². The van der Waals surface area contributed by atoms with Gasteiger partial charge in [-0.05, 0) is 30.4 Å². The molecule has 0 aliphatic rings. The van der Waals surface area contributed by atoms with Crippen LogP contribution in [0.4, 0.5) is 0 Å². The van der Waals surface area contributed by atoms with Gasteiger partial charge >= 0.3 is 5.97 Å². The molecule has 0 spiro atoms. The van der Waals surface area contributed by atoms with Crippen LogP contribution in [0.1, 0.15) is 49.4 Å². The highest BCUT2D eigenvalue weighted by Gasteiger charge is 2.09. The molecule has 1 rings (SSSR count). The van der Waals surface area contributed by atoms with Crippen molar-refractivity contribution in [3.8, 4) is 0 Å². The monoisotopic (exact) mass is 278 g/mol. The molecule has 1 aromatic rings. The Morgan fingerprint density at radius 2 is 2.05 bits per heavy atom. The van der Waals surface area contributed by atoms with Crippen molar-refractivity contribution >= 4 is 17.7 Å². The number of carbonyl (C=O) groups is 1. The van der Waals surface area contributed by atoms with Gasteiger partial charge in [0.25, 0.3) is 0 Å². The predicted octanol–water partition coefficient (Wildman–Crippen LogP) is 5.05. The average Bonchev–Trinajstić information content (AvgIpc) is 2.46. The molecule has 0 bridgehead atoms. The molecule has 0 aliphatic heterocycles. The lowest BCUT2D eigenvalue weighted by Gasteiger charge is -2.04. The lowest BCUT2D eigenvalue weighted by atomic mass is 10.2. The Bertz CT molecular complexity index is 413. The first-order valence-electron chi connectivity index (χ1n) is 6.78. The fourth-order valence-electron chi connectivity index (χ4n) is 1.73. The van der Waals surface area contributed by atoms with E-state index < -0.39 is 0 Å². The molecule has 1 aromatic carbocycles. The summed E-state index contributed by atoms with van der Waals surface area (Å²) in [5.41, 5.74) is 0.630. The van der Waals surface area contributed by atoms with E-state index in [-0.39, 0.29) is 5.97 Å². The summed E-state index contributed by atoms with van der Waals surface area (Å²) in [7, 11) is 1.41. The van der Waals surface area contributed by atoms with E-state index in [2.05, 4.69) is 18.4 Å². The maximum absolute atomic E-state index is 11.6. The van der Waals surface area contributed by atoms with E-state index in [1.807, 2.05) is 18.2 Å². The first-order valence-corrected chi connectivity index (χ1v) is 7.66. The number of methoxy groups -OCH3 is 1. The predicted molar refractivity (Wildman–Crippen MR) is 81.5 cm³/mol. The molecule has 2 nitrogen and oxygen atoms in total. The summed E-state index contributed by atoms with van der Waals surface area (Å²) in [5, 5.41) is 2.06. The number of hydrogen-bond donors (Lipinski definition) is 0. The molecule has 0 saturated heterocycles. The first-order chi connectivity index (χ1) is 9.29. The number of ether oxygens (including phenoxy) is 1. The van der Waals surface area contributed by atoms with E-state index in [0.717, 1.165) is 11.3 Å². The maximum atomic E-state index is 11.6. The Hall–Kier alpha value is -1.22. The Labute approximate surface area is 120 Å². The minimum absolute atomic E-state index is 0.278. The smallest absolute Gasteiger partial charge is 0.339 e. The lowest BCUT2D eigenvalue weighted by Crippen LogP contribution is -2.02. The Morgan fingerprint density at radius 3 is 2.79 bits per heavy atom. The molecule has 0 heterocycles. The maximum Gasteiger partial charge on any atom is 0.339 e. The number of rotatable bonds is 8. The molecule has 0 N–H and O–H groups in total. The summed E-state index contributed by atoms with van der Waals surface area (Å²) in [6.45, 7) is 2.22. The third kappa shape index (κ3) is 5.97. The van der Waals surface area contributed by atoms with Gasteiger partial charge in [0.2, 0.25) is 0 Å². The normalized spacial score (nSPS) is 10.8. The highest BCUT2D eigenvalue weighted by Crippen LogP contribution is 2.24. The molecule has 0 amide bonds. The SMILES string of the molecule is CCCCCCC=CSc1ccccc1C(=O)OC. The van der Waals surface area contributed by atoms with Crippen LogP contribution in [0.3, 0.4) is 0 Å². The fourth-order valence-corrected chi connectivity index (χ4v) is 2.54. The zero-order valence-corrected chi connectivity index (χ0v) is 12.5. The number of allylic oxidation sites excluding steroid dienone is 1. The van der Waals surface area contributed by atoms with E-state index in [1.165, 1.54) is 32.8 Å². The van der Waals surface area contributed by atoms with Gasteiger partial charge in [-0.3, -0.25) is 0 Å². The zero-order valence-electron chi connectivity index (χ0n) is 11.7. The van der Waals surface area contributed by atoms with Crippen molar-refractivity contribution in [1.29, 1.82) is 0 Å². The third-order valence-corrected chi connectivity index (χ3v) is 3.75. The lowest BCUT2D eigenvalue weighted by molar-refractivity contribution is 0.0597. The van der Waals surface area contributed by atoms with Crippen molar-refractivity contribution in [1.82, 2.24) is 0 Å². The Balaban J connectivity index is 2.44. The van der Waals surface area contributed by atoms with Crippen LogP contribution < -0.4 is 0 Å². The van der Waals surface area contributed by atoms with Gasteiger partial charge in [-0.15, -0.1) is 0 Å². The zero-order chi connectivity index (χ0) is 13.9. The number of esters is 1. The van der Waals surface area contributed by atoms with Gasteiger partial charge in [-0.2, -0.15) is 0 Å². The average molecular weight is 278 g/mol. The Morgan fingerprint density at radius 1 is 1.26 bits per heavy atom. The molecule has 104 valence electrons. The largest absolute Gasteiger partial charge is 0.465 e. The van der Waals surface area contributed by atoms with Gasteiger partial charge in [0, 0.05) is 4.90 Å². The van der Waals surface area contributed by atoms with Gasteiger partial charge in [0.1, 0.15) is 0 Å². The Kier molecular flexibility index (Phi) is 8.07. The van der Waals surface area contributed by atoms with Crippen LogP contribution in [0.5, 0.6) is 0 Å². The summed E-state index contributed by atoms with van der Waals surface area (Å²) < 4.78 is 4.77. The van der Waals surface area contributed by atoms with Crippen molar-refractivity contribution in [3.05, 3.63) is 41.3 Å². The van der Waals surface area contributed by atoms with Gasteiger partial charge in [-0.25, -0.2) is 4.79 Å². The highest BCUT2D eigenvalue weighted by molar-refractivity contribution is 8.02.